The summed E-state index contributed by atoms with van der Waals surface area (Å²) >= 11 is 0. The molecule has 0 saturated carbocycles. The Morgan fingerprint density at radius 1 is 0.500 bits per heavy atom. The minimum atomic E-state index is -1.84. The average Bonchev–Trinajstić information content (AvgIpc) is 3.22. The van der Waals surface area contributed by atoms with Crippen molar-refractivity contribution in [3.8, 4) is 0 Å². The summed E-state index contributed by atoms with van der Waals surface area (Å²) in [6.45, 7) is 7.44. The molecule has 0 bridgehead atoms. The van der Waals surface area contributed by atoms with Crippen molar-refractivity contribution in [3.63, 3.8) is 0 Å². The van der Waals surface area contributed by atoms with E-state index < -0.39 is 146 Å². The summed E-state index contributed by atoms with van der Waals surface area (Å²) in [7, 11) is 0. The van der Waals surface area contributed by atoms with Gasteiger partial charge in [-0.05, 0) is 49.9 Å². The number of guanidine groups is 1. The SMILES string of the molecule is CC(C)C[C@H](NC(=O)[C@H](CCCN=C(N)N)NC(=O)[C@H](CO)NC(=O)CNC(=O)[C@H](CO)NC(=O)[C@H](CC(C)C)NC(=O)[C@H](CC(N)=O)NC(=O)[C@@H](N)CC(C)C)C(=O)N[C@@H](CC(=O)O)C(=O)O. The molecule has 0 radical (unpaired) electrons. The minimum Gasteiger partial charge on any atom is -0.481 e. The quantitative estimate of drug-likeness (QED) is 0.0165. The van der Waals surface area contributed by atoms with Crippen LogP contribution in [-0.4, -0.2) is 166 Å². The second-order valence-electron chi connectivity index (χ2n) is 17.1. The first-order valence-electron chi connectivity index (χ1n) is 21.8. The molecule has 0 heterocycles. The number of aliphatic hydroxyl groups excluding tert-OH is 2. The van der Waals surface area contributed by atoms with Gasteiger partial charge >= 0.3 is 11.9 Å². The summed E-state index contributed by atoms with van der Waals surface area (Å²) in [4.78, 5) is 144. The largest absolute Gasteiger partial charge is 0.481 e. The Bertz CT molecular complexity index is 1790. The molecule has 28 nitrogen and oxygen atoms in total. The van der Waals surface area contributed by atoms with E-state index in [1.807, 2.05) is 13.8 Å². The van der Waals surface area contributed by atoms with Gasteiger partial charge in [0.15, 0.2) is 5.96 Å². The number of nitrogens with one attached hydrogen (secondary N) is 8. The lowest BCUT2D eigenvalue weighted by atomic mass is 10.0. The number of rotatable bonds is 33. The molecule has 9 amide bonds. The molecule has 0 spiro atoms. The molecule has 8 atom stereocenters. The number of carbonyl (C=O) groups excluding carboxylic acids is 9. The average molecular weight is 974 g/mol. The van der Waals surface area contributed by atoms with Gasteiger partial charge in [-0.3, -0.25) is 52.9 Å². The molecule has 0 rings (SSSR count). The van der Waals surface area contributed by atoms with Crippen LogP contribution in [0.15, 0.2) is 4.99 Å². The molecule has 20 N–H and O–H groups in total. The standard InChI is InChI=1S/C40H71N13O15/c1-18(2)10-21(41)32(60)49-25(13-29(42)56)37(65)51-24(12-20(5)6)36(64)53-27(16-54)33(61)46-15-30(57)47-28(17-55)38(66)48-22(8-7-9-45-40(43)44)34(62)50-23(11-19(3)4)35(63)52-26(39(67)68)14-31(58)59/h18-28,54-55H,7-17,41H2,1-6H3,(H2,42,56)(H,46,61)(H,47,57)(H,48,66)(H,49,60)(H,50,62)(H,51,65)(H,52,63)(H,53,64)(H,58,59)(H,67,68)(H4,43,44,45)/t21-,22-,23-,24-,25-,26-,27-,28-/m0/s1. The lowest BCUT2D eigenvalue weighted by Crippen LogP contribution is -2.60. The molecule has 0 unspecified atom stereocenters. The molecule has 0 fully saturated rings. The van der Waals surface area contributed by atoms with Gasteiger partial charge in [0.1, 0.15) is 42.3 Å². The number of hydrogen-bond donors (Lipinski definition) is 16. The Hall–Kier alpha value is -6.68. The maximum absolute atomic E-state index is 13.6. The number of aliphatic carboxylic acids is 2. The fraction of sp³-hybridized carbons (Fsp3) is 0.700. The highest BCUT2D eigenvalue weighted by atomic mass is 16.4. The Morgan fingerprint density at radius 3 is 1.35 bits per heavy atom. The van der Waals surface area contributed by atoms with E-state index >= 15 is 0 Å². The van der Waals surface area contributed by atoms with Gasteiger partial charge in [0.25, 0.3) is 0 Å². The van der Waals surface area contributed by atoms with Gasteiger partial charge in [0.2, 0.25) is 53.2 Å². The fourth-order valence-corrected chi connectivity index (χ4v) is 6.14. The number of carbonyl (C=O) groups is 11. The van der Waals surface area contributed by atoms with E-state index in [0.717, 1.165) is 0 Å². The summed E-state index contributed by atoms with van der Waals surface area (Å²) in [5.74, 6) is -12.9. The lowest BCUT2D eigenvalue weighted by molar-refractivity contribution is -0.147. The topological polar surface area (TPSA) is 481 Å². The Balaban J connectivity index is 6.00. The van der Waals surface area contributed by atoms with Gasteiger partial charge < -0.3 is 85.9 Å². The third-order valence-corrected chi connectivity index (χ3v) is 9.43. The van der Waals surface area contributed by atoms with E-state index in [4.69, 9.17) is 28.0 Å². The minimum absolute atomic E-state index is 0.0217. The van der Waals surface area contributed by atoms with E-state index in [2.05, 4.69) is 47.5 Å². The number of primary amides is 1. The normalized spacial score (nSPS) is 14.6. The zero-order valence-corrected chi connectivity index (χ0v) is 39.2. The number of aliphatic imine (C=N–C) groups is 1. The zero-order valence-electron chi connectivity index (χ0n) is 39.2. The molecule has 0 aromatic carbocycles. The molecule has 28 heteroatoms. The zero-order chi connectivity index (χ0) is 52.4. The van der Waals surface area contributed by atoms with Crippen LogP contribution in [0.3, 0.4) is 0 Å². The van der Waals surface area contributed by atoms with Crippen LogP contribution in [0.1, 0.15) is 86.5 Å². The van der Waals surface area contributed by atoms with E-state index in [1.165, 1.54) is 0 Å². The van der Waals surface area contributed by atoms with Crippen LogP contribution in [0.2, 0.25) is 0 Å². The Labute approximate surface area is 393 Å². The van der Waals surface area contributed by atoms with Gasteiger partial charge in [0.05, 0.1) is 38.6 Å². The van der Waals surface area contributed by atoms with E-state index in [9.17, 15) is 68.1 Å². The molecular formula is C40H71N13O15. The van der Waals surface area contributed by atoms with Crippen molar-refractivity contribution < 1.29 is 73.2 Å². The van der Waals surface area contributed by atoms with Gasteiger partial charge in [-0.1, -0.05) is 41.5 Å². The monoisotopic (exact) mass is 974 g/mol. The first-order chi connectivity index (χ1) is 31.6. The molecular weight excluding hydrogens is 903 g/mol. The van der Waals surface area contributed by atoms with Gasteiger partial charge in [-0.15, -0.1) is 0 Å². The van der Waals surface area contributed by atoms with Crippen LogP contribution in [0.5, 0.6) is 0 Å². The summed E-state index contributed by atoms with van der Waals surface area (Å²) in [6, 6.07) is -12.1. The Kier molecular flexibility index (Phi) is 28.2. The third-order valence-electron chi connectivity index (χ3n) is 9.43. The highest BCUT2D eigenvalue weighted by Gasteiger charge is 2.34. The Morgan fingerprint density at radius 2 is 0.912 bits per heavy atom. The lowest BCUT2D eigenvalue weighted by Gasteiger charge is -2.26. The molecule has 0 aromatic heterocycles. The molecule has 0 aliphatic heterocycles. The predicted octanol–water partition coefficient (Wildman–Crippen LogP) is -6.57. The fourth-order valence-electron chi connectivity index (χ4n) is 6.14. The summed E-state index contributed by atoms with van der Waals surface area (Å²) in [6.07, 6.45) is -1.55. The number of nitrogens with zero attached hydrogens (tertiary/aromatic N) is 1. The van der Waals surface area contributed by atoms with Crippen LogP contribution in [0, 0.1) is 17.8 Å². The van der Waals surface area contributed by atoms with Crippen molar-refractivity contribution in [2.45, 2.75) is 135 Å². The number of nitrogens with two attached hydrogens (primary N) is 4. The molecule has 0 aromatic rings. The number of hydrogen-bond acceptors (Lipinski definition) is 15. The summed E-state index contributed by atoms with van der Waals surface area (Å²) < 4.78 is 0. The van der Waals surface area contributed by atoms with Crippen LogP contribution in [0.25, 0.3) is 0 Å². The van der Waals surface area contributed by atoms with E-state index in [-0.39, 0.29) is 62.4 Å². The maximum atomic E-state index is 13.6. The van der Waals surface area contributed by atoms with Crippen molar-refractivity contribution in [2.75, 3.05) is 26.3 Å². The van der Waals surface area contributed by atoms with Crippen LogP contribution < -0.4 is 65.5 Å². The third kappa shape index (κ3) is 25.3. The summed E-state index contributed by atoms with van der Waals surface area (Å²) in [5.41, 5.74) is 21.9. The second-order valence-corrected chi connectivity index (χ2v) is 17.1. The van der Waals surface area contributed by atoms with Crippen LogP contribution in [0.4, 0.5) is 0 Å². The van der Waals surface area contributed by atoms with Crippen molar-refractivity contribution in [3.05, 3.63) is 0 Å². The highest BCUT2D eigenvalue weighted by molar-refractivity contribution is 5.98. The first kappa shape index (κ1) is 61.3. The van der Waals surface area contributed by atoms with E-state index in [1.54, 1.807) is 27.7 Å². The van der Waals surface area contributed by atoms with Crippen molar-refractivity contribution in [1.82, 2.24) is 42.5 Å². The highest BCUT2D eigenvalue weighted by Crippen LogP contribution is 2.10. The number of carboxylic acids is 2. The number of amides is 9. The summed E-state index contributed by atoms with van der Waals surface area (Å²) in [5, 5.41) is 56.7. The van der Waals surface area contributed by atoms with E-state index in [0.29, 0.717) is 0 Å². The van der Waals surface area contributed by atoms with Gasteiger partial charge in [-0.25, -0.2) is 4.79 Å². The molecule has 386 valence electrons. The maximum Gasteiger partial charge on any atom is 0.326 e. The van der Waals surface area contributed by atoms with Crippen LogP contribution >= 0.6 is 0 Å². The van der Waals surface area contributed by atoms with Gasteiger partial charge in [-0.2, -0.15) is 0 Å². The van der Waals surface area contributed by atoms with Crippen molar-refractivity contribution in [1.29, 1.82) is 0 Å². The number of aliphatic hydroxyl groups is 2. The molecule has 68 heavy (non-hydrogen) atoms. The first-order valence-corrected chi connectivity index (χ1v) is 21.8. The van der Waals surface area contributed by atoms with Crippen molar-refractivity contribution in [2.24, 2.45) is 45.7 Å². The second kappa shape index (κ2) is 31.3. The van der Waals surface area contributed by atoms with Crippen LogP contribution in [-0.2, 0) is 52.7 Å². The van der Waals surface area contributed by atoms with Gasteiger partial charge in [0, 0.05) is 6.54 Å². The molecule has 0 aliphatic carbocycles. The van der Waals surface area contributed by atoms with Crippen molar-refractivity contribution >= 4 is 71.1 Å². The smallest absolute Gasteiger partial charge is 0.326 e. The molecule has 0 saturated heterocycles. The predicted molar refractivity (Wildman–Crippen MR) is 241 cm³/mol. The molecule has 0 aliphatic rings. The number of carboxylic acid groups (broad SMARTS) is 2.